The zero-order valence-electron chi connectivity index (χ0n) is 13.6. The van der Waals surface area contributed by atoms with E-state index in [0.717, 1.165) is 32.1 Å². The highest BCUT2D eigenvalue weighted by Crippen LogP contribution is 2.56. The SMILES string of the molecule is O=C(NN(CCO)C1C2CC3CC1CC(O)(C3)C2)c1cncnc1. The van der Waals surface area contributed by atoms with Gasteiger partial charge in [0.2, 0.25) is 0 Å². The van der Waals surface area contributed by atoms with Gasteiger partial charge in [0, 0.05) is 25.0 Å². The number of hydrogen-bond acceptors (Lipinski definition) is 6. The first-order valence-corrected chi connectivity index (χ1v) is 8.74. The summed E-state index contributed by atoms with van der Waals surface area (Å²) >= 11 is 0. The van der Waals surface area contributed by atoms with Crippen molar-refractivity contribution in [2.24, 2.45) is 17.8 Å². The van der Waals surface area contributed by atoms with Gasteiger partial charge in [-0.15, -0.1) is 0 Å². The lowest BCUT2D eigenvalue weighted by Gasteiger charge is -2.60. The van der Waals surface area contributed by atoms with Gasteiger partial charge < -0.3 is 10.2 Å². The number of rotatable bonds is 5. The van der Waals surface area contributed by atoms with E-state index in [-0.39, 0.29) is 18.6 Å². The molecule has 4 aliphatic carbocycles. The molecule has 24 heavy (non-hydrogen) atoms. The fourth-order valence-electron chi connectivity index (χ4n) is 5.46. The van der Waals surface area contributed by atoms with Gasteiger partial charge in [-0.05, 0) is 49.9 Å². The smallest absolute Gasteiger partial charge is 0.268 e. The van der Waals surface area contributed by atoms with Crippen LogP contribution in [-0.4, -0.2) is 55.9 Å². The molecule has 0 saturated heterocycles. The van der Waals surface area contributed by atoms with Crippen LogP contribution < -0.4 is 5.43 Å². The zero-order valence-corrected chi connectivity index (χ0v) is 13.6. The molecule has 2 unspecified atom stereocenters. The molecule has 7 heteroatoms. The number of aromatic nitrogens is 2. The fraction of sp³-hybridized carbons (Fsp3) is 0.706. The molecule has 7 nitrogen and oxygen atoms in total. The van der Waals surface area contributed by atoms with Gasteiger partial charge in [0.25, 0.3) is 5.91 Å². The van der Waals surface area contributed by atoms with Crippen molar-refractivity contribution >= 4 is 5.91 Å². The first-order chi connectivity index (χ1) is 11.6. The number of nitrogens with one attached hydrogen (secondary N) is 1. The largest absolute Gasteiger partial charge is 0.395 e. The Bertz CT molecular complexity index is 595. The monoisotopic (exact) mass is 332 g/mol. The number of amides is 1. The van der Waals surface area contributed by atoms with E-state index < -0.39 is 5.60 Å². The summed E-state index contributed by atoms with van der Waals surface area (Å²) in [6.07, 6.45) is 9.11. The van der Waals surface area contributed by atoms with Gasteiger partial charge in [-0.3, -0.25) is 10.2 Å². The minimum Gasteiger partial charge on any atom is -0.395 e. The van der Waals surface area contributed by atoms with Crippen LogP contribution in [0.1, 0.15) is 42.5 Å². The second kappa shape index (κ2) is 6.06. The molecule has 5 rings (SSSR count). The Kier molecular flexibility index (Phi) is 4.02. The lowest BCUT2D eigenvalue weighted by atomic mass is 9.52. The van der Waals surface area contributed by atoms with Crippen molar-refractivity contribution in [1.82, 2.24) is 20.4 Å². The van der Waals surface area contributed by atoms with E-state index in [1.807, 2.05) is 5.01 Å². The van der Waals surface area contributed by atoms with Crippen molar-refractivity contribution in [1.29, 1.82) is 0 Å². The van der Waals surface area contributed by atoms with Crippen LogP contribution in [0.15, 0.2) is 18.7 Å². The zero-order chi connectivity index (χ0) is 16.7. The number of aliphatic hydroxyl groups is 2. The van der Waals surface area contributed by atoms with Crippen LogP contribution in [0, 0.1) is 17.8 Å². The maximum absolute atomic E-state index is 12.5. The van der Waals surface area contributed by atoms with Gasteiger partial charge >= 0.3 is 0 Å². The molecular formula is C17H24N4O3. The Morgan fingerprint density at radius 2 is 1.92 bits per heavy atom. The number of hydrogen-bond donors (Lipinski definition) is 3. The van der Waals surface area contributed by atoms with Crippen molar-refractivity contribution < 1.29 is 15.0 Å². The molecule has 1 aromatic heterocycles. The van der Waals surface area contributed by atoms with Gasteiger partial charge in [0.05, 0.1) is 17.8 Å². The van der Waals surface area contributed by atoms with Crippen LogP contribution in [-0.2, 0) is 0 Å². The summed E-state index contributed by atoms with van der Waals surface area (Å²) in [7, 11) is 0. The van der Waals surface area contributed by atoms with Gasteiger partial charge in [0.1, 0.15) is 6.33 Å². The second-order valence-corrected chi connectivity index (χ2v) is 7.67. The van der Waals surface area contributed by atoms with Gasteiger partial charge in [-0.25, -0.2) is 15.0 Å². The van der Waals surface area contributed by atoms with Crippen molar-refractivity contribution in [2.75, 3.05) is 13.2 Å². The van der Waals surface area contributed by atoms with E-state index >= 15 is 0 Å². The fourth-order valence-corrected chi connectivity index (χ4v) is 5.46. The molecule has 4 saturated carbocycles. The van der Waals surface area contributed by atoms with E-state index in [2.05, 4.69) is 15.4 Å². The van der Waals surface area contributed by atoms with Crippen LogP contribution in [0.4, 0.5) is 0 Å². The molecule has 0 radical (unpaired) electrons. The molecule has 4 aliphatic rings. The lowest BCUT2D eigenvalue weighted by molar-refractivity contribution is -0.165. The van der Waals surface area contributed by atoms with Crippen molar-refractivity contribution in [3.05, 3.63) is 24.3 Å². The number of carbonyl (C=O) groups excluding carboxylic acids is 1. The molecule has 2 atom stereocenters. The molecule has 4 bridgehead atoms. The minimum absolute atomic E-state index is 0.0186. The predicted molar refractivity (Wildman–Crippen MR) is 85.6 cm³/mol. The number of aliphatic hydroxyl groups excluding tert-OH is 1. The molecule has 1 aromatic rings. The Labute approximate surface area is 141 Å². The molecule has 4 fully saturated rings. The molecule has 0 spiro atoms. The third-order valence-corrected chi connectivity index (χ3v) is 5.96. The molecular weight excluding hydrogens is 308 g/mol. The molecule has 1 amide bonds. The minimum atomic E-state index is -0.505. The summed E-state index contributed by atoms with van der Waals surface area (Å²) in [5, 5.41) is 22.1. The topological polar surface area (TPSA) is 98.6 Å². The predicted octanol–water partition coefficient (Wildman–Crippen LogP) is 0.355. The maximum atomic E-state index is 12.5. The van der Waals surface area contributed by atoms with E-state index in [9.17, 15) is 15.0 Å². The van der Waals surface area contributed by atoms with Crippen molar-refractivity contribution in [2.45, 2.75) is 43.7 Å². The average Bonchev–Trinajstić information content (AvgIpc) is 2.53. The van der Waals surface area contributed by atoms with Crippen LogP contribution in [0.2, 0.25) is 0 Å². The quantitative estimate of drug-likeness (QED) is 0.673. The second-order valence-electron chi connectivity index (χ2n) is 7.67. The third kappa shape index (κ3) is 2.81. The number of nitrogens with zero attached hydrogens (tertiary/aromatic N) is 3. The van der Waals surface area contributed by atoms with Crippen LogP contribution in [0.25, 0.3) is 0 Å². The highest BCUT2D eigenvalue weighted by molar-refractivity contribution is 5.93. The molecule has 1 heterocycles. The third-order valence-electron chi connectivity index (χ3n) is 5.96. The van der Waals surface area contributed by atoms with Gasteiger partial charge in [0.15, 0.2) is 0 Å². The van der Waals surface area contributed by atoms with Crippen LogP contribution >= 0.6 is 0 Å². The summed E-state index contributed by atoms with van der Waals surface area (Å²) < 4.78 is 0. The van der Waals surface area contributed by atoms with E-state index in [0.29, 0.717) is 29.9 Å². The molecule has 3 N–H and O–H groups in total. The van der Waals surface area contributed by atoms with E-state index in [4.69, 9.17) is 0 Å². The summed E-state index contributed by atoms with van der Waals surface area (Å²) in [6.45, 7) is 0.370. The van der Waals surface area contributed by atoms with Gasteiger partial charge in [-0.1, -0.05) is 0 Å². The Morgan fingerprint density at radius 3 is 2.50 bits per heavy atom. The van der Waals surface area contributed by atoms with Gasteiger partial charge in [-0.2, -0.15) is 0 Å². The highest BCUT2D eigenvalue weighted by Gasteiger charge is 2.56. The first kappa shape index (κ1) is 15.9. The molecule has 0 aliphatic heterocycles. The summed E-state index contributed by atoms with van der Waals surface area (Å²) in [5.41, 5.74) is 2.85. The normalized spacial score (nSPS) is 37.0. The Balaban J connectivity index is 1.52. The number of carbonyl (C=O) groups is 1. The molecule has 0 aromatic carbocycles. The van der Waals surface area contributed by atoms with E-state index in [1.165, 1.54) is 18.7 Å². The van der Waals surface area contributed by atoms with Crippen molar-refractivity contribution in [3.8, 4) is 0 Å². The Hall–Kier alpha value is -1.57. The summed E-state index contributed by atoms with van der Waals surface area (Å²) in [4.78, 5) is 20.2. The van der Waals surface area contributed by atoms with Crippen LogP contribution in [0.5, 0.6) is 0 Å². The standard InChI is InChI=1S/C17H24N4O3/c22-2-1-21(20-16(23)14-8-18-10-19-9-14)15-12-3-11-4-13(15)7-17(24,5-11)6-12/h8-13,15,22,24H,1-7H2,(H,20,23). The van der Waals surface area contributed by atoms with E-state index in [1.54, 1.807) is 0 Å². The Morgan fingerprint density at radius 1 is 1.25 bits per heavy atom. The maximum Gasteiger partial charge on any atom is 0.268 e. The highest BCUT2D eigenvalue weighted by atomic mass is 16.3. The average molecular weight is 332 g/mol. The summed E-state index contributed by atoms with van der Waals surface area (Å²) in [6, 6.07) is 0.183. The first-order valence-electron chi connectivity index (χ1n) is 8.74. The molecule has 130 valence electrons. The number of hydrazine groups is 1. The lowest BCUT2D eigenvalue weighted by Crippen LogP contribution is -2.65. The summed E-state index contributed by atoms with van der Waals surface area (Å²) in [5.74, 6) is 1.11. The van der Waals surface area contributed by atoms with Crippen molar-refractivity contribution in [3.63, 3.8) is 0 Å². The van der Waals surface area contributed by atoms with Crippen LogP contribution in [0.3, 0.4) is 0 Å².